The van der Waals surface area contributed by atoms with Gasteiger partial charge in [-0.1, -0.05) is 6.92 Å². The van der Waals surface area contributed by atoms with Gasteiger partial charge in [-0.2, -0.15) is 13.2 Å². The second kappa shape index (κ2) is 10.1. The van der Waals surface area contributed by atoms with E-state index in [1.165, 1.54) is 0 Å². The number of rotatable bonds is 8. The third-order valence-electron chi connectivity index (χ3n) is 2.77. The molecule has 0 spiro atoms. The third-order valence-corrected chi connectivity index (χ3v) is 3.68. The summed E-state index contributed by atoms with van der Waals surface area (Å²) in [4.78, 5) is 19.2. The van der Waals surface area contributed by atoms with Crippen molar-refractivity contribution in [2.24, 2.45) is 4.99 Å². The first kappa shape index (κ1) is 20.2. The van der Waals surface area contributed by atoms with E-state index < -0.39 is 11.9 Å². The van der Waals surface area contributed by atoms with Crippen molar-refractivity contribution in [3.63, 3.8) is 0 Å². The van der Waals surface area contributed by atoms with Crippen molar-refractivity contribution in [1.82, 2.24) is 20.9 Å². The molecule has 0 unspecified atom stereocenters. The summed E-state index contributed by atoms with van der Waals surface area (Å²) in [5, 5.41) is 10.1. The lowest BCUT2D eigenvalue weighted by molar-refractivity contribution is -0.140. The minimum atomic E-state index is -4.41. The Morgan fingerprint density at radius 2 is 2.00 bits per heavy atom. The summed E-state index contributed by atoms with van der Waals surface area (Å²) in [7, 11) is 0. The van der Waals surface area contributed by atoms with Crippen molar-refractivity contribution in [2.45, 2.75) is 32.9 Å². The summed E-state index contributed by atoms with van der Waals surface area (Å²) in [5.74, 6) is 0.264. The monoisotopic (exact) mass is 365 g/mol. The maximum Gasteiger partial charge on any atom is 0.434 e. The lowest BCUT2D eigenvalue weighted by atomic mass is 10.4. The zero-order valence-electron chi connectivity index (χ0n) is 13.7. The maximum absolute atomic E-state index is 12.5. The molecule has 136 valence electrons. The predicted octanol–water partition coefficient (Wildman–Crippen LogP) is 1.79. The minimum absolute atomic E-state index is 0.00912. The fraction of sp³-hybridized carbons (Fsp3) is 0.643. The van der Waals surface area contributed by atoms with Crippen molar-refractivity contribution >= 4 is 23.2 Å². The number of carbonyl (C=O) groups is 1. The number of nitrogens with zero attached hydrogens (tertiary/aromatic N) is 2. The molecule has 1 aromatic heterocycles. The van der Waals surface area contributed by atoms with E-state index in [9.17, 15) is 18.0 Å². The molecule has 6 nitrogen and oxygen atoms in total. The zero-order chi connectivity index (χ0) is 18.0. The van der Waals surface area contributed by atoms with Gasteiger partial charge in [-0.3, -0.25) is 4.79 Å². The molecule has 0 saturated carbocycles. The predicted molar refractivity (Wildman–Crippen MR) is 88.1 cm³/mol. The van der Waals surface area contributed by atoms with Crippen LogP contribution in [0.5, 0.6) is 0 Å². The number of hydrogen-bond donors (Lipinski definition) is 3. The maximum atomic E-state index is 12.5. The first-order valence-electron chi connectivity index (χ1n) is 7.67. The molecule has 1 heterocycles. The Balaban J connectivity index is 2.45. The molecular formula is C14H22F3N5OS. The molecule has 10 heteroatoms. The highest BCUT2D eigenvalue weighted by atomic mass is 32.1. The molecule has 0 aliphatic carbocycles. The summed E-state index contributed by atoms with van der Waals surface area (Å²) in [5.41, 5.74) is -0.865. The Bertz CT molecular complexity index is 545. The highest BCUT2D eigenvalue weighted by molar-refractivity contribution is 7.09. The number of carbonyl (C=O) groups excluding carboxylic acids is 1. The first-order valence-corrected chi connectivity index (χ1v) is 8.55. The second-order valence-corrected chi connectivity index (χ2v) is 5.79. The van der Waals surface area contributed by atoms with E-state index in [4.69, 9.17) is 0 Å². The topological polar surface area (TPSA) is 78.4 Å². The lowest BCUT2D eigenvalue weighted by Gasteiger charge is -2.10. The number of aromatic nitrogens is 1. The van der Waals surface area contributed by atoms with Crippen molar-refractivity contribution in [3.8, 4) is 0 Å². The SMILES string of the molecule is CCCNC(=O)CN=C(NCC)NCCc1nc(C(F)(F)F)cs1. The van der Waals surface area contributed by atoms with Crippen LogP contribution in [-0.4, -0.2) is 43.0 Å². The van der Waals surface area contributed by atoms with Gasteiger partial charge in [-0.25, -0.2) is 9.98 Å². The van der Waals surface area contributed by atoms with Crippen molar-refractivity contribution in [2.75, 3.05) is 26.2 Å². The van der Waals surface area contributed by atoms with Crippen molar-refractivity contribution in [1.29, 1.82) is 0 Å². The van der Waals surface area contributed by atoms with E-state index in [0.29, 0.717) is 37.0 Å². The fourth-order valence-electron chi connectivity index (χ4n) is 1.66. The van der Waals surface area contributed by atoms with Gasteiger partial charge in [0, 0.05) is 31.4 Å². The van der Waals surface area contributed by atoms with E-state index in [-0.39, 0.29) is 12.5 Å². The Labute approximate surface area is 143 Å². The van der Waals surface area contributed by atoms with E-state index >= 15 is 0 Å². The highest BCUT2D eigenvalue weighted by Crippen LogP contribution is 2.29. The zero-order valence-corrected chi connectivity index (χ0v) is 14.5. The Morgan fingerprint density at radius 1 is 1.25 bits per heavy atom. The molecule has 0 radical (unpaired) electrons. The lowest BCUT2D eigenvalue weighted by Crippen LogP contribution is -2.39. The smallest absolute Gasteiger partial charge is 0.357 e. The van der Waals surface area contributed by atoms with Gasteiger partial charge in [0.15, 0.2) is 11.7 Å². The molecule has 0 saturated heterocycles. The van der Waals surface area contributed by atoms with Gasteiger partial charge < -0.3 is 16.0 Å². The van der Waals surface area contributed by atoms with Crippen LogP contribution in [0.3, 0.4) is 0 Å². The molecular weight excluding hydrogens is 343 g/mol. The molecule has 0 fully saturated rings. The van der Waals surface area contributed by atoms with Gasteiger partial charge in [0.05, 0.1) is 5.01 Å². The van der Waals surface area contributed by atoms with E-state index in [1.807, 2.05) is 13.8 Å². The van der Waals surface area contributed by atoms with E-state index in [1.54, 1.807) is 0 Å². The molecule has 3 N–H and O–H groups in total. The van der Waals surface area contributed by atoms with Crippen LogP contribution < -0.4 is 16.0 Å². The summed E-state index contributed by atoms with van der Waals surface area (Å²) in [6, 6.07) is 0. The fourth-order valence-corrected chi connectivity index (χ4v) is 2.46. The summed E-state index contributed by atoms with van der Waals surface area (Å²) < 4.78 is 37.4. The molecule has 1 aromatic rings. The number of nitrogens with one attached hydrogen (secondary N) is 3. The van der Waals surface area contributed by atoms with Gasteiger partial charge in [-0.15, -0.1) is 11.3 Å². The van der Waals surface area contributed by atoms with Gasteiger partial charge >= 0.3 is 6.18 Å². The number of thiazole rings is 1. The molecule has 1 amide bonds. The normalized spacial score (nSPS) is 12.1. The van der Waals surface area contributed by atoms with Gasteiger partial charge in [0.25, 0.3) is 0 Å². The van der Waals surface area contributed by atoms with Crippen LogP contribution in [0.4, 0.5) is 13.2 Å². The van der Waals surface area contributed by atoms with Gasteiger partial charge in [0.2, 0.25) is 5.91 Å². The van der Waals surface area contributed by atoms with Crippen LogP contribution in [0, 0.1) is 0 Å². The summed E-state index contributed by atoms with van der Waals surface area (Å²) in [6.45, 7) is 5.41. The van der Waals surface area contributed by atoms with Crippen LogP contribution in [0.1, 0.15) is 31.0 Å². The van der Waals surface area contributed by atoms with Gasteiger partial charge in [-0.05, 0) is 13.3 Å². The summed E-state index contributed by atoms with van der Waals surface area (Å²) >= 11 is 0.973. The molecule has 1 rings (SSSR count). The molecule has 0 aliphatic heterocycles. The molecule has 0 aromatic carbocycles. The highest BCUT2D eigenvalue weighted by Gasteiger charge is 2.33. The number of aliphatic imine (C=N–C) groups is 1. The summed E-state index contributed by atoms with van der Waals surface area (Å²) in [6.07, 6.45) is -3.22. The van der Waals surface area contributed by atoms with Crippen LogP contribution >= 0.6 is 11.3 Å². The first-order chi connectivity index (χ1) is 11.4. The van der Waals surface area contributed by atoms with E-state index in [2.05, 4.69) is 25.9 Å². The Kier molecular flexibility index (Phi) is 8.51. The minimum Gasteiger partial charge on any atom is -0.357 e. The van der Waals surface area contributed by atoms with Crippen LogP contribution in [0.2, 0.25) is 0 Å². The largest absolute Gasteiger partial charge is 0.434 e. The van der Waals surface area contributed by atoms with Crippen molar-refractivity contribution in [3.05, 3.63) is 16.1 Å². The van der Waals surface area contributed by atoms with Crippen LogP contribution in [0.15, 0.2) is 10.4 Å². The quantitative estimate of drug-likeness (QED) is 0.485. The van der Waals surface area contributed by atoms with Crippen LogP contribution in [-0.2, 0) is 17.4 Å². The number of halogens is 3. The molecule has 0 atom stereocenters. The third kappa shape index (κ3) is 7.62. The van der Waals surface area contributed by atoms with E-state index in [0.717, 1.165) is 23.1 Å². The standard InChI is InChI=1S/C14H22F3N5OS/c1-3-6-19-11(23)8-21-13(18-4-2)20-7-5-12-22-10(9-24-12)14(15,16)17/h9H,3-8H2,1-2H3,(H,19,23)(H2,18,20,21). The van der Waals surface area contributed by atoms with Crippen LogP contribution in [0.25, 0.3) is 0 Å². The number of hydrogen-bond acceptors (Lipinski definition) is 4. The van der Waals surface area contributed by atoms with Crippen molar-refractivity contribution < 1.29 is 18.0 Å². The average Bonchev–Trinajstić information content (AvgIpc) is 2.99. The molecule has 0 aliphatic rings. The number of alkyl halides is 3. The average molecular weight is 365 g/mol. The van der Waals surface area contributed by atoms with Gasteiger partial charge in [0.1, 0.15) is 6.54 Å². The number of amides is 1. The Morgan fingerprint density at radius 3 is 2.58 bits per heavy atom. The molecule has 0 bridgehead atoms. The number of guanidine groups is 1. The Hall–Kier alpha value is -1.84. The molecule has 24 heavy (non-hydrogen) atoms. The second-order valence-electron chi connectivity index (χ2n) is 4.85.